The fourth-order valence-corrected chi connectivity index (χ4v) is 7.20. The van der Waals surface area contributed by atoms with Gasteiger partial charge in [-0.25, -0.2) is 10.4 Å². The number of hydrazine groups is 1. The number of imidazole rings is 1. The molecular weight excluding hydrogens is 478 g/mol. The highest BCUT2D eigenvalue weighted by Crippen LogP contribution is 2.44. The highest BCUT2D eigenvalue weighted by atomic mass is 16.3. The van der Waals surface area contributed by atoms with Gasteiger partial charge in [-0.3, -0.25) is 15.1 Å². The number of rotatable bonds is 6. The number of H-pyrrole nitrogens is 1. The number of hydrogen-bond donors (Lipinski definition) is 4. The zero-order valence-corrected chi connectivity index (χ0v) is 23.2. The van der Waals surface area contributed by atoms with E-state index in [-0.39, 0.29) is 18.0 Å². The Morgan fingerprint density at radius 1 is 1.18 bits per heavy atom. The van der Waals surface area contributed by atoms with Crippen molar-refractivity contribution in [1.82, 2.24) is 35.5 Å². The van der Waals surface area contributed by atoms with Crippen molar-refractivity contribution in [2.24, 2.45) is 5.92 Å². The summed E-state index contributed by atoms with van der Waals surface area (Å²) in [6, 6.07) is 6.77. The lowest BCUT2D eigenvalue weighted by Gasteiger charge is -2.46. The summed E-state index contributed by atoms with van der Waals surface area (Å²) in [6.07, 6.45) is 4.96. The van der Waals surface area contributed by atoms with E-state index in [4.69, 9.17) is 4.98 Å². The fraction of sp³-hybridized carbons (Fsp3) is 0.655. The van der Waals surface area contributed by atoms with E-state index in [1.54, 1.807) is 0 Å². The molecular formula is C29H43N7O2. The second-order valence-corrected chi connectivity index (χ2v) is 12.0. The average Bonchev–Trinajstić information content (AvgIpc) is 3.49. The number of likely N-dealkylation sites (tertiary alicyclic amines) is 1. The molecule has 2 saturated heterocycles. The number of phenolic OH excluding ortho intramolecular Hbond substituents is 1. The highest BCUT2D eigenvalue weighted by Gasteiger charge is 2.44. The number of aromatic hydroxyl groups is 1. The minimum atomic E-state index is -0.123. The predicted molar refractivity (Wildman–Crippen MR) is 147 cm³/mol. The zero-order valence-electron chi connectivity index (χ0n) is 23.2. The number of hydrogen-bond acceptors (Lipinski definition) is 7. The molecule has 4 N–H and O–H groups in total. The minimum Gasteiger partial charge on any atom is -0.508 e. The number of likely N-dealkylation sites (N-methyl/N-ethyl adjacent to an activating group) is 2. The third-order valence-electron chi connectivity index (χ3n) is 9.66. The first kappa shape index (κ1) is 25.8. The van der Waals surface area contributed by atoms with Crippen LogP contribution in [0.15, 0.2) is 18.2 Å². The second-order valence-electron chi connectivity index (χ2n) is 12.0. The standard InChI is InChI=1S/C29H43N7O2/c1-5-17-11-20(37)8-10-21(17)18-7-9-22-23(12-18)32-33-27(22)28-30-24-13-26(35(6-2)16-25(24)31-28)29(38)36-14-19(15-36)34(3)4/h8,10-11,18-19,22-23,26-27,32-33,37H,5-7,9,12-16H2,1-4H3,(H,30,31)/t18?,22?,23?,26-,27?/m0/s1. The van der Waals surface area contributed by atoms with E-state index in [0.717, 1.165) is 69.1 Å². The Morgan fingerprint density at radius 3 is 2.74 bits per heavy atom. The van der Waals surface area contributed by atoms with E-state index in [9.17, 15) is 9.90 Å². The topological polar surface area (TPSA) is 99.8 Å². The Labute approximate surface area is 225 Å². The summed E-state index contributed by atoms with van der Waals surface area (Å²) in [5, 5.41) is 9.94. The molecule has 1 aliphatic carbocycles. The Balaban J connectivity index is 1.14. The van der Waals surface area contributed by atoms with Crippen LogP contribution in [0.1, 0.15) is 73.4 Å². The smallest absolute Gasteiger partial charge is 0.240 e. The zero-order chi connectivity index (χ0) is 26.6. The first-order valence-corrected chi connectivity index (χ1v) is 14.5. The van der Waals surface area contributed by atoms with Crippen LogP contribution in [-0.2, 0) is 24.2 Å². The Morgan fingerprint density at radius 2 is 2.00 bits per heavy atom. The summed E-state index contributed by atoms with van der Waals surface area (Å²) >= 11 is 0. The van der Waals surface area contributed by atoms with Gasteiger partial charge in [0.15, 0.2) is 0 Å². The molecule has 3 fully saturated rings. The number of nitrogens with zero attached hydrogens (tertiary/aromatic N) is 4. The van der Waals surface area contributed by atoms with Gasteiger partial charge in [-0.15, -0.1) is 0 Å². The molecule has 4 unspecified atom stereocenters. The maximum Gasteiger partial charge on any atom is 0.240 e. The van der Waals surface area contributed by atoms with Gasteiger partial charge in [0.2, 0.25) is 5.91 Å². The van der Waals surface area contributed by atoms with Crippen molar-refractivity contribution in [2.45, 2.75) is 82.6 Å². The number of aromatic nitrogens is 2. The molecule has 1 amide bonds. The van der Waals surface area contributed by atoms with E-state index in [1.807, 2.05) is 17.0 Å². The molecule has 1 aromatic heterocycles. The molecule has 4 heterocycles. The number of fused-ring (bicyclic) bond motifs is 2. The van der Waals surface area contributed by atoms with Crippen LogP contribution in [0.5, 0.6) is 5.75 Å². The molecule has 0 spiro atoms. The van der Waals surface area contributed by atoms with Crippen molar-refractivity contribution in [3.63, 3.8) is 0 Å². The molecule has 6 rings (SSSR count). The van der Waals surface area contributed by atoms with Crippen LogP contribution in [-0.4, -0.2) is 87.5 Å². The Kier molecular flexibility index (Phi) is 6.97. The van der Waals surface area contributed by atoms with E-state index >= 15 is 0 Å². The van der Waals surface area contributed by atoms with Crippen LogP contribution >= 0.6 is 0 Å². The lowest BCUT2D eigenvalue weighted by Crippen LogP contribution is -2.63. The fourth-order valence-electron chi connectivity index (χ4n) is 7.20. The number of benzene rings is 1. The normalized spacial score (nSPS) is 29.8. The monoisotopic (exact) mass is 521 g/mol. The maximum absolute atomic E-state index is 13.4. The SMILES string of the molecule is CCc1cc(O)ccc1C1CCC2C(C1)NNC2c1nc2c([nH]1)CN(CC)[C@H](C(=O)N1CC(N(C)C)C1)C2. The van der Waals surface area contributed by atoms with Gasteiger partial charge in [-0.05, 0) is 81.4 Å². The summed E-state index contributed by atoms with van der Waals surface area (Å²) in [7, 11) is 4.17. The van der Waals surface area contributed by atoms with Crippen molar-refractivity contribution >= 4 is 5.91 Å². The molecule has 1 aromatic carbocycles. The number of nitrogens with one attached hydrogen (secondary N) is 3. The average molecular weight is 522 g/mol. The van der Waals surface area contributed by atoms with Crippen molar-refractivity contribution < 1.29 is 9.90 Å². The van der Waals surface area contributed by atoms with Gasteiger partial charge in [0.05, 0.1) is 23.5 Å². The van der Waals surface area contributed by atoms with Crippen molar-refractivity contribution in [3.05, 3.63) is 46.5 Å². The minimum absolute atomic E-state index is 0.123. The number of carbonyl (C=O) groups excluding carboxylic acids is 1. The number of aryl methyl sites for hydroxylation is 1. The number of carbonyl (C=O) groups is 1. The quantitative estimate of drug-likeness (QED) is 0.463. The summed E-state index contributed by atoms with van der Waals surface area (Å²) in [6.45, 7) is 7.55. The summed E-state index contributed by atoms with van der Waals surface area (Å²) in [5.41, 5.74) is 12.0. The first-order chi connectivity index (χ1) is 18.4. The number of aromatic amines is 1. The van der Waals surface area contributed by atoms with E-state index in [1.165, 1.54) is 11.1 Å². The van der Waals surface area contributed by atoms with Gasteiger partial charge in [0.1, 0.15) is 11.6 Å². The van der Waals surface area contributed by atoms with Crippen molar-refractivity contribution in [2.75, 3.05) is 33.7 Å². The molecule has 206 valence electrons. The molecule has 3 aliphatic heterocycles. The van der Waals surface area contributed by atoms with Crippen LogP contribution in [0.3, 0.4) is 0 Å². The highest BCUT2D eigenvalue weighted by molar-refractivity contribution is 5.83. The van der Waals surface area contributed by atoms with Crippen LogP contribution in [0.2, 0.25) is 0 Å². The lowest BCUT2D eigenvalue weighted by atomic mass is 9.73. The summed E-state index contributed by atoms with van der Waals surface area (Å²) in [5.74, 6) is 2.59. The Bertz CT molecular complexity index is 1170. The van der Waals surface area contributed by atoms with Gasteiger partial charge >= 0.3 is 0 Å². The third-order valence-corrected chi connectivity index (χ3v) is 9.66. The van der Waals surface area contributed by atoms with Gasteiger partial charge < -0.3 is 19.9 Å². The van der Waals surface area contributed by atoms with Crippen LogP contribution in [0.25, 0.3) is 0 Å². The second kappa shape index (κ2) is 10.3. The predicted octanol–water partition coefficient (Wildman–Crippen LogP) is 2.30. The summed E-state index contributed by atoms with van der Waals surface area (Å²) in [4.78, 5) is 28.7. The molecule has 2 aromatic rings. The number of phenols is 1. The number of amides is 1. The van der Waals surface area contributed by atoms with Gasteiger partial charge in [-0.2, -0.15) is 0 Å². The van der Waals surface area contributed by atoms with Crippen molar-refractivity contribution in [3.8, 4) is 5.75 Å². The molecule has 5 atom stereocenters. The molecule has 9 nitrogen and oxygen atoms in total. The van der Waals surface area contributed by atoms with Crippen LogP contribution in [0, 0.1) is 5.92 Å². The molecule has 4 aliphatic rings. The van der Waals surface area contributed by atoms with Crippen LogP contribution in [0.4, 0.5) is 0 Å². The van der Waals surface area contributed by atoms with Gasteiger partial charge in [-0.1, -0.05) is 19.9 Å². The van der Waals surface area contributed by atoms with Crippen molar-refractivity contribution in [1.29, 1.82) is 0 Å². The molecule has 0 radical (unpaired) electrons. The van der Waals surface area contributed by atoms with Crippen LogP contribution < -0.4 is 10.9 Å². The van der Waals surface area contributed by atoms with Gasteiger partial charge in [0.25, 0.3) is 0 Å². The van der Waals surface area contributed by atoms with Gasteiger partial charge in [0, 0.05) is 38.1 Å². The first-order valence-electron chi connectivity index (χ1n) is 14.5. The van der Waals surface area contributed by atoms with E-state index in [0.29, 0.717) is 36.1 Å². The van der Waals surface area contributed by atoms with E-state index < -0.39 is 0 Å². The molecule has 0 bridgehead atoms. The van der Waals surface area contributed by atoms with E-state index in [2.05, 4.69) is 59.6 Å². The Hall–Kier alpha value is -2.46. The molecule has 38 heavy (non-hydrogen) atoms. The molecule has 1 saturated carbocycles. The summed E-state index contributed by atoms with van der Waals surface area (Å²) < 4.78 is 0. The molecule has 9 heteroatoms. The maximum atomic E-state index is 13.4. The lowest BCUT2D eigenvalue weighted by molar-refractivity contribution is -0.144. The third kappa shape index (κ3) is 4.53. The largest absolute Gasteiger partial charge is 0.508 e.